The predicted octanol–water partition coefficient (Wildman–Crippen LogP) is 2.19. The van der Waals surface area contributed by atoms with Crippen LogP contribution < -0.4 is 5.32 Å². The van der Waals surface area contributed by atoms with Gasteiger partial charge in [0.1, 0.15) is 0 Å². The molecule has 0 unspecified atom stereocenters. The Labute approximate surface area is 101 Å². The zero-order valence-corrected chi connectivity index (χ0v) is 10.0. The number of methoxy groups -OCH3 is 1. The van der Waals surface area contributed by atoms with Crippen molar-refractivity contribution < 1.29 is 14.2 Å². The Morgan fingerprint density at radius 1 is 1.47 bits per heavy atom. The van der Waals surface area contributed by atoms with E-state index < -0.39 is 5.82 Å². The van der Waals surface area contributed by atoms with E-state index in [4.69, 9.17) is 9.84 Å². The van der Waals surface area contributed by atoms with E-state index >= 15 is 0 Å². The standard InChI is InChI=1S/C13H18FNO2/c1-17-13(5-2-6-13)9-15-8-10-3-4-12(16)11(14)7-10/h3-4,7,15-16H,2,5-6,8-9H2,1H3. The van der Waals surface area contributed by atoms with E-state index in [9.17, 15) is 4.39 Å². The number of phenols is 1. The Kier molecular flexibility index (Phi) is 3.64. The second-order valence-electron chi connectivity index (χ2n) is 4.63. The molecular formula is C13H18FNO2. The number of phenolic OH excluding ortho intramolecular Hbond substituents is 1. The van der Waals surface area contributed by atoms with Crippen molar-refractivity contribution in [2.24, 2.45) is 0 Å². The summed E-state index contributed by atoms with van der Waals surface area (Å²) in [7, 11) is 1.74. The van der Waals surface area contributed by atoms with Gasteiger partial charge in [0.05, 0.1) is 5.60 Å². The maximum Gasteiger partial charge on any atom is 0.165 e. The van der Waals surface area contributed by atoms with Crippen LogP contribution in [0.3, 0.4) is 0 Å². The number of halogens is 1. The number of ether oxygens (including phenoxy) is 1. The summed E-state index contributed by atoms with van der Waals surface area (Å²) in [6.07, 6.45) is 3.38. The lowest BCUT2D eigenvalue weighted by Gasteiger charge is -2.40. The largest absolute Gasteiger partial charge is 0.505 e. The fourth-order valence-corrected chi connectivity index (χ4v) is 2.12. The van der Waals surface area contributed by atoms with Gasteiger partial charge >= 0.3 is 0 Å². The van der Waals surface area contributed by atoms with Gasteiger partial charge in [0.2, 0.25) is 0 Å². The first kappa shape index (κ1) is 12.3. The zero-order chi connectivity index (χ0) is 12.3. The summed E-state index contributed by atoms with van der Waals surface area (Å²) in [6, 6.07) is 4.44. The minimum atomic E-state index is -0.575. The quantitative estimate of drug-likeness (QED) is 0.827. The van der Waals surface area contributed by atoms with E-state index in [1.54, 1.807) is 13.2 Å². The summed E-state index contributed by atoms with van der Waals surface area (Å²) >= 11 is 0. The number of nitrogens with one attached hydrogen (secondary N) is 1. The van der Waals surface area contributed by atoms with Crippen LogP contribution in [0, 0.1) is 5.82 Å². The smallest absolute Gasteiger partial charge is 0.165 e. The topological polar surface area (TPSA) is 41.5 Å². The Morgan fingerprint density at radius 2 is 2.24 bits per heavy atom. The molecule has 0 atom stereocenters. The summed E-state index contributed by atoms with van der Waals surface area (Å²) in [4.78, 5) is 0. The van der Waals surface area contributed by atoms with E-state index in [1.807, 2.05) is 0 Å². The van der Waals surface area contributed by atoms with Crippen LogP contribution in [0.5, 0.6) is 5.75 Å². The van der Waals surface area contributed by atoms with Crippen LogP contribution in [0.15, 0.2) is 18.2 Å². The highest BCUT2D eigenvalue weighted by molar-refractivity contribution is 5.27. The average molecular weight is 239 g/mol. The molecule has 3 nitrogen and oxygen atoms in total. The van der Waals surface area contributed by atoms with Gasteiger partial charge in [-0.15, -0.1) is 0 Å². The molecule has 0 amide bonds. The Balaban J connectivity index is 1.83. The monoisotopic (exact) mass is 239 g/mol. The molecule has 94 valence electrons. The first-order valence-electron chi connectivity index (χ1n) is 5.88. The molecule has 4 heteroatoms. The predicted molar refractivity (Wildman–Crippen MR) is 63.4 cm³/mol. The lowest BCUT2D eigenvalue weighted by molar-refractivity contribution is -0.0695. The molecule has 0 spiro atoms. The van der Waals surface area contributed by atoms with Gasteiger partial charge in [0.25, 0.3) is 0 Å². The fourth-order valence-electron chi connectivity index (χ4n) is 2.12. The molecular weight excluding hydrogens is 221 g/mol. The van der Waals surface area contributed by atoms with Gasteiger partial charge in [0.15, 0.2) is 11.6 Å². The summed E-state index contributed by atoms with van der Waals surface area (Å²) in [5.74, 6) is -0.879. The molecule has 17 heavy (non-hydrogen) atoms. The van der Waals surface area contributed by atoms with Crippen molar-refractivity contribution in [1.29, 1.82) is 0 Å². The molecule has 1 aromatic rings. The Morgan fingerprint density at radius 3 is 2.76 bits per heavy atom. The highest BCUT2D eigenvalue weighted by Gasteiger charge is 2.36. The molecule has 0 bridgehead atoms. The van der Waals surface area contributed by atoms with E-state index in [-0.39, 0.29) is 11.4 Å². The van der Waals surface area contributed by atoms with Crippen LogP contribution in [0.2, 0.25) is 0 Å². The maximum absolute atomic E-state index is 13.1. The van der Waals surface area contributed by atoms with Gasteiger partial charge in [-0.2, -0.15) is 0 Å². The molecule has 0 saturated heterocycles. The minimum absolute atomic E-state index is 0.0184. The van der Waals surface area contributed by atoms with Gasteiger partial charge in [-0.25, -0.2) is 4.39 Å². The third kappa shape index (κ3) is 2.76. The van der Waals surface area contributed by atoms with Crippen molar-refractivity contribution >= 4 is 0 Å². The van der Waals surface area contributed by atoms with E-state index in [1.165, 1.54) is 18.6 Å². The third-order valence-electron chi connectivity index (χ3n) is 3.49. The highest BCUT2D eigenvalue weighted by Crippen LogP contribution is 2.34. The van der Waals surface area contributed by atoms with Crippen molar-refractivity contribution in [3.63, 3.8) is 0 Å². The van der Waals surface area contributed by atoms with Crippen LogP contribution >= 0.6 is 0 Å². The van der Waals surface area contributed by atoms with Gasteiger partial charge in [0, 0.05) is 20.2 Å². The molecule has 2 N–H and O–H groups in total. The summed E-state index contributed by atoms with van der Waals surface area (Å²) in [5.41, 5.74) is 0.806. The lowest BCUT2D eigenvalue weighted by atomic mass is 9.80. The summed E-state index contributed by atoms with van der Waals surface area (Å²) < 4.78 is 18.6. The Bertz CT molecular complexity index is 385. The van der Waals surface area contributed by atoms with Crippen molar-refractivity contribution in [3.05, 3.63) is 29.6 Å². The molecule has 2 rings (SSSR count). The molecule has 1 aliphatic rings. The normalized spacial score (nSPS) is 17.8. The van der Waals surface area contributed by atoms with E-state index in [2.05, 4.69) is 5.32 Å². The van der Waals surface area contributed by atoms with Gasteiger partial charge in [-0.3, -0.25) is 0 Å². The van der Waals surface area contributed by atoms with E-state index in [0.717, 1.165) is 24.9 Å². The summed E-state index contributed by atoms with van der Waals surface area (Å²) in [6.45, 7) is 1.37. The van der Waals surface area contributed by atoms with Crippen LogP contribution in [0.1, 0.15) is 24.8 Å². The maximum atomic E-state index is 13.1. The van der Waals surface area contributed by atoms with E-state index in [0.29, 0.717) is 6.54 Å². The minimum Gasteiger partial charge on any atom is -0.505 e. The van der Waals surface area contributed by atoms with Crippen LogP contribution in [0.4, 0.5) is 4.39 Å². The first-order chi connectivity index (χ1) is 8.15. The second-order valence-corrected chi connectivity index (χ2v) is 4.63. The zero-order valence-electron chi connectivity index (χ0n) is 10.0. The van der Waals surface area contributed by atoms with Crippen molar-refractivity contribution in [1.82, 2.24) is 5.32 Å². The number of hydrogen-bond donors (Lipinski definition) is 2. The molecule has 0 aliphatic heterocycles. The molecule has 0 radical (unpaired) electrons. The number of aromatic hydroxyl groups is 1. The Hall–Kier alpha value is -1.13. The van der Waals surface area contributed by atoms with Gasteiger partial charge < -0.3 is 15.2 Å². The number of rotatable bonds is 5. The van der Waals surface area contributed by atoms with Crippen LogP contribution in [-0.4, -0.2) is 24.4 Å². The van der Waals surface area contributed by atoms with Crippen LogP contribution in [-0.2, 0) is 11.3 Å². The molecule has 1 saturated carbocycles. The highest BCUT2D eigenvalue weighted by atomic mass is 19.1. The first-order valence-corrected chi connectivity index (χ1v) is 5.88. The molecule has 1 aliphatic carbocycles. The molecule has 1 fully saturated rings. The molecule has 0 heterocycles. The molecule has 0 aromatic heterocycles. The fraction of sp³-hybridized carbons (Fsp3) is 0.538. The average Bonchev–Trinajstić information content (AvgIpc) is 2.27. The number of hydrogen-bond acceptors (Lipinski definition) is 3. The number of benzene rings is 1. The third-order valence-corrected chi connectivity index (χ3v) is 3.49. The second kappa shape index (κ2) is 5.02. The summed E-state index contributed by atoms with van der Waals surface area (Å²) in [5, 5.41) is 12.3. The SMILES string of the molecule is COC1(CNCc2ccc(O)c(F)c2)CCC1. The lowest BCUT2D eigenvalue weighted by Crippen LogP contribution is -2.47. The van der Waals surface area contributed by atoms with Crippen molar-refractivity contribution in [2.75, 3.05) is 13.7 Å². The van der Waals surface area contributed by atoms with Crippen molar-refractivity contribution in [3.8, 4) is 5.75 Å². The van der Waals surface area contributed by atoms with Gasteiger partial charge in [-0.05, 0) is 37.0 Å². The van der Waals surface area contributed by atoms with Gasteiger partial charge in [-0.1, -0.05) is 6.07 Å². The van der Waals surface area contributed by atoms with Crippen molar-refractivity contribution in [2.45, 2.75) is 31.4 Å². The molecule has 1 aromatic carbocycles. The van der Waals surface area contributed by atoms with Crippen LogP contribution in [0.25, 0.3) is 0 Å².